The van der Waals surface area contributed by atoms with Crippen LogP contribution in [0.2, 0.25) is 0 Å². The molecule has 2 rings (SSSR count). The molecule has 0 radical (unpaired) electrons. The number of rotatable bonds is 7. The standard InChI is InChI=1S/C16H25NO4S/c1-5-11(2)12(3)17(13-6-7-13)16(18)15-9-8-14(21-15)10-22(4,19)20/h8-9,11-13H,5-7,10H2,1-4H3/t11-,12-/m0/s1. The lowest BCUT2D eigenvalue weighted by molar-refractivity contribution is 0.0581. The molecule has 1 aliphatic rings. The van der Waals surface area contributed by atoms with Crippen molar-refractivity contribution < 1.29 is 17.6 Å². The molecule has 1 amide bonds. The van der Waals surface area contributed by atoms with E-state index in [4.69, 9.17) is 4.42 Å². The molecule has 1 aromatic heterocycles. The van der Waals surface area contributed by atoms with Crippen LogP contribution in [0.1, 0.15) is 56.3 Å². The van der Waals surface area contributed by atoms with Gasteiger partial charge in [-0.15, -0.1) is 0 Å². The second kappa shape index (κ2) is 6.44. The maximum atomic E-state index is 12.7. The molecule has 1 aliphatic carbocycles. The lowest BCUT2D eigenvalue weighted by Crippen LogP contribution is -2.43. The molecule has 5 nitrogen and oxygen atoms in total. The second-order valence-corrected chi connectivity index (χ2v) is 8.55. The summed E-state index contributed by atoms with van der Waals surface area (Å²) in [5, 5.41) is 0. The summed E-state index contributed by atoms with van der Waals surface area (Å²) in [6, 6.07) is 3.60. The van der Waals surface area contributed by atoms with E-state index in [0.29, 0.717) is 17.7 Å². The summed E-state index contributed by atoms with van der Waals surface area (Å²) < 4.78 is 28.1. The van der Waals surface area contributed by atoms with E-state index >= 15 is 0 Å². The second-order valence-electron chi connectivity index (χ2n) is 6.41. The normalized spacial score (nSPS) is 18.0. The van der Waals surface area contributed by atoms with Crippen LogP contribution in [0, 0.1) is 5.92 Å². The average molecular weight is 327 g/mol. The summed E-state index contributed by atoms with van der Waals surface area (Å²) in [5.74, 6) is 0.661. The Kier molecular flexibility index (Phi) is 5.00. The Hall–Kier alpha value is -1.30. The van der Waals surface area contributed by atoms with Gasteiger partial charge in [-0.1, -0.05) is 20.3 Å². The molecule has 6 heteroatoms. The van der Waals surface area contributed by atoms with Gasteiger partial charge < -0.3 is 9.32 Å². The fourth-order valence-corrected chi connectivity index (χ4v) is 3.28. The minimum absolute atomic E-state index is 0.130. The van der Waals surface area contributed by atoms with Crippen molar-refractivity contribution in [1.82, 2.24) is 4.90 Å². The quantitative estimate of drug-likeness (QED) is 0.772. The molecule has 0 bridgehead atoms. The first kappa shape index (κ1) is 17.1. The summed E-state index contributed by atoms with van der Waals surface area (Å²) in [6.45, 7) is 6.34. The summed E-state index contributed by atoms with van der Waals surface area (Å²) >= 11 is 0. The van der Waals surface area contributed by atoms with E-state index < -0.39 is 9.84 Å². The molecular formula is C16H25NO4S. The van der Waals surface area contributed by atoms with Crippen LogP contribution in [0.5, 0.6) is 0 Å². The zero-order valence-corrected chi connectivity index (χ0v) is 14.5. The third kappa shape index (κ3) is 4.12. The Morgan fingerprint density at radius 3 is 2.50 bits per heavy atom. The molecule has 1 heterocycles. The maximum absolute atomic E-state index is 12.7. The SMILES string of the molecule is CC[C@H](C)[C@H](C)N(C(=O)c1ccc(CS(C)(=O)=O)o1)C1CC1. The van der Waals surface area contributed by atoms with Crippen molar-refractivity contribution in [1.29, 1.82) is 0 Å². The van der Waals surface area contributed by atoms with Crippen molar-refractivity contribution in [2.45, 2.75) is 57.9 Å². The Morgan fingerprint density at radius 1 is 1.36 bits per heavy atom. The van der Waals surface area contributed by atoms with Gasteiger partial charge in [-0.3, -0.25) is 4.79 Å². The van der Waals surface area contributed by atoms with Gasteiger partial charge >= 0.3 is 0 Å². The molecule has 1 saturated carbocycles. The Labute approximate surface area is 132 Å². The van der Waals surface area contributed by atoms with Gasteiger partial charge in [0.1, 0.15) is 11.5 Å². The van der Waals surface area contributed by atoms with Crippen LogP contribution < -0.4 is 0 Å². The van der Waals surface area contributed by atoms with E-state index in [1.165, 1.54) is 0 Å². The van der Waals surface area contributed by atoms with Crippen molar-refractivity contribution in [3.05, 3.63) is 23.7 Å². The predicted octanol–water partition coefficient (Wildman–Crippen LogP) is 2.86. The molecule has 0 spiro atoms. The molecule has 0 unspecified atom stereocenters. The van der Waals surface area contributed by atoms with Gasteiger partial charge in [-0.25, -0.2) is 8.42 Å². The van der Waals surface area contributed by atoms with Crippen LogP contribution in [0.15, 0.2) is 16.5 Å². The number of nitrogens with zero attached hydrogens (tertiary/aromatic N) is 1. The van der Waals surface area contributed by atoms with E-state index in [9.17, 15) is 13.2 Å². The third-order valence-corrected chi connectivity index (χ3v) is 5.17. The highest BCUT2D eigenvalue weighted by Crippen LogP contribution is 2.33. The molecular weight excluding hydrogens is 302 g/mol. The van der Waals surface area contributed by atoms with Gasteiger partial charge in [0.25, 0.3) is 5.91 Å². The zero-order chi connectivity index (χ0) is 16.5. The highest BCUT2D eigenvalue weighted by atomic mass is 32.2. The van der Waals surface area contributed by atoms with Crippen molar-refractivity contribution in [3.8, 4) is 0 Å². The molecule has 22 heavy (non-hydrogen) atoms. The number of hydrogen-bond acceptors (Lipinski definition) is 4. The lowest BCUT2D eigenvalue weighted by Gasteiger charge is -2.32. The lowest BCUT2D eigenvalue weighted by atomic mass is 9.99. The molecule has 0 aliphatic heterocycles. The number of amides is 1. The van der Waals surface area contributed by atoms with Gasteiger partial charge in [0.05, 0.1) is 0 Å². The van der Waals surface area contributed by atoms with E-state index in [-0.39, 0.29) is 23.5 Å². The van der Waals surface area contributed by atoms with Crippen LogP contribution in [-0.2, 0) is 15.6 Å². The first-order valence-corrected chi connectivity index (χ1v) is 9.88. The van der Waals surface area contributed by atoms with Crippen molar-refractivity contribution in [2.24, 2.45) is 5.92 Å². The van der Waals surface area contributed by atoms with E-state index in [0.717, 1.165) is 25.5 Å². The molecule has 2 atom stereocenters. The van der Waals surface area contributed by atoms with Crippen LogP contribution in [0.25, 0.3) is 0 Å². The molecule has 1 aromatic rings. The fourth-order valence-electron chi connectivity index (χ4n) is 2.61. The van der Waals surface area contributed by atoms with Gasteiger partial charge in [0.2, 0.25) is 0 Å². The maximum Gasteiger partial charge on any atom is 0.290 e. The highest BCUT2D eigenvalue weighted by molar-refractivity contribution is 7.89. The van der Waals surface area contributed by atoms with Gasteiger partial charge in [-0.05, 0) is 37.8 Å². The van der Waals surface area contributed by atoms with Crippen LogP contribution in [0.4, 0.5) is 0 Å². The monoisotopic (exact) mass is 327 g/mol. The fraction of sp³-hybridized carbons (Fsp3) is 0.688. The average Bonchev–Trinajstić information content (AvgIpc) is 3.15. The number of furan rings is 1. The molecule has 124 valence electrons. The smallest absolute Gasteiger partial charge is 0.290 e. The number of hydrogen-bond donors (Lipinski definition) is 0. The topological polar surface area (TPSA) is 67.6 Å². The van der Waals surface area contributed by atoms with Gasteiger partial charge in [-0.2, -0.15) is 0 Å². The number of carbonyl (C=O) groups is 1. The predicted molar refractivity (Wildman–Crippen MR) is 85.4 cm³/mol. The summed E-state index contributed by atoms with van der Waals surface area (Å²) in [7, 11) is -3.17. The van der Waals surface area contributed by atoms with E-state index in [1.807, 2.05) is 4.90 Å². The molecule has 0 aromatic carbocycles. The van der Waals surface area contributed by atoms with Crippen LogP contribution in [-0.4, -0.2) is 37.6 Å². The van der Waals surface area contributed by atoms with Crippen LogP contribution in [0.3, 0.4) is 0 Å². The first-order chi connectivity index (χ1) is 10.2. The van der Waals surface area contributed by atoms with Crippen molar-refractivity contribution in [3.63, 3.8) is 0 Å². The Morgan fingerprint density at radius 2 is 2.00 bits per heavy atom. The summed E-state index contributed by atoms with van der Waals surface area (Å²) in [6.07, 6.45) is 4.22. The number of sulfone groups is 1. The van der Waals surface area contributed by atoms with E-state index in [2.05, 4.69) is 20.8 Å². The Balaban J connectivity index is 2.17. The summed E-state index contributed by atoms with van der Waals surface area (Å²) in [4.78, 5) is 14.7. The number of carbonyl (C=O) groups excluding carboxylic acids is 1. The van der Waals surface area contributed by atoms with Gasteiger partial charge in [0.15, 0.2) is 15.6 Å². The first-order valence-electron chi connectivity index (χ1n) is 7.82. The van der Waals surface area contributed by atoms with Crippen molar-refractivity contribution in [2.75, 3.05) is 6.26 Å². The summed E-state index contributed by atoms with van der Waals surface area (Å²) in [5.41, 5.74) is 0. The highest BCUT2D eigenvalue weighted by Gasteiger charge is 2.38. The van der Waals surface area contributed by atoms with E-state index in [1.54, 1.807) is 12.1 Å². The third-order valence-electron chi connectivity index (χ3n) is 4.36. The largest absolute Gasteiger partial charge is 0.455 e. The minimum Gasteiger partial charge on any atom is -0.455 e. The van der Waals surface area contributed by atoms with Gasteiger partial charge in [0, 0.05) is 18.3 Å². The zero-order valence-electron chi connectivity index (χ0n) is 13.7. The Bertz CT molecular complexity index is 630. The van der Waals surface area contributed by atoms with Crippen molar-refractivity contribution >= 4 is 15.7 Å². The minimum atomic E-state index is -3.17. The molecule has 0 saturated heterocycles. The molecule has 0 N–H and O–H groups in total. The van der Waals surface area contributed by atoms with Crippen LogP contribution >= 0.6 is 0 Å². The molecule has 1 fully saturated rings.